The molecule has 0 spiro atoms. The Morgan fingerprint density at radius 2 is 2.29 bits per heavy atom. The van der Waals surface area contributed by atoms with Crippen LogP contribution in [0.3, 0.4) is 0 Å². The van der Waals surface area contributed by atoms with E-state index in [2.05, 4.69) is 61.0 Å². The van der Waals surface area contributed by atoms with Gasteiger partial charge in [0.1, 0.15) is 5.82 Å². The van der Waals surface area contributed by atoms with Crippen LogP contribution in [0.4, 0.5) is 0 Å². The molecule has 148 valence electrons. The molecular weight excluding hydrogens is 533 g/mol. The number of hydrogen-bond acceptors (Lipinski definition) is 5. The molecule has 0 saturated carbocycles. The summed E-state index contributed by atoms with van der Waals surface area (Å²) in [5.74, 6) is 0.769. The minimum Gasteiger partial charge on any atom is -0.619 e. The SMILES string of the molecule is C=C(Br)/C=N\N(C)/C(=C\C(=N/C)C1=C(C)C=CC=I1)NCc1ccc[n+]([O-])c1. The van der Waals surface area contributed by atoms with Gasteiger partial charge in [0.2, 0.25) is 0 Å². The molecule has 28 heavy (non-hydrogen) atoms. The molecule has 0 aromatic carbocycles. The Balaban J connectivity index is 2.33. The van der Waals surface area contributed by atoms with Gasteiger partial charge in [-0.25, -0.2) is 0 Å². The molecule has 8 heteroatoms. The average Bonchev–Trinajstić information content (AvgIpc) is 2.67. The zero-order valence-corrected chi connectivity index (χ0v) is 19.8. The van der Waals surface area contributed by atoms with Gasteiger partial charge in [-0.1, -0.05) is 39.5 Å². The van der Waals surface area contributed by atoms with E-state index in [-0.39, 0.29) is 20.7 Å². The van der Waals surface area contributed by atoms with Crippen LogP contribution in [0.25, 0.3) is 0 Å². The fourth-order valence-corrected chi connectivity index (χ4v) is 4.57. The number of nitrogens with zero attached hydrogens (tertiary/aromatic N) is 4. The van der Waals surface area contributed by atoms with Crippen LogP contribution in [-0.4, -0.2) is 35.0 Å². The van der Waals surface area contributed by atoms with Gasteiger partial charge in [-0.15, -0.1) is 0 Å². The van der Waals surface area contributed by atoms with E-state index in [9.17, 15) is 5.21 Å². The second-order valence-corrected chi connectivity index (χ2v) is 9.31. The number of hydrazone groups is 1. The van der Waals surface area contributed by atoms with Crippen molar-refractivity contribution >= 4 is 52.6 Å². The molecule has 1 aliphatic heterocycles. The van der Waals surface area contributed by atoms with E-state index in [1.165, 1.54) is 15.3 Å². The van der Waals surface area contributed by atoms with Gasteiger partial charge in [-0.05, 0) is 38.5 Å². The van der Waals surface area contributed by atoms with Crippen LogP contribution in [0.5, 0.6) is 0 Å². The standard InChI is InChI=1S/C20H23BrIN5O/c1-15-7-5-9-22-20(15)18(23-3)11-19(26(4)25-12-16(2)21)24-13-17-8-6-10-27(28)14-17/h5-12,14,24H,2,13H2,1,3-4H3/b19-11-,23-18+,25-12-. The highest BCUT2D eigenvalue weighted by molar-refractivity contribution is 14.2. The highest BCUT2D eigenvalue weighted by Crippen LogP contribution is 2.25. The topological polar surface area (TPSA) is 66.9 Å². The van der Waals surface area contributed by atoms with Crippen molar-refractivity contribution < 1.29 is 4.73 Å². The predicted molar refractivity (Wildman–Crippen MR) is 130 cm³/mol. The van der Waals surface area contributed by atoms with Gasteiger partial charge >= 0.3 is 0 Å². The van der Waals surface area contributed by atoms with Gasteiger partial charge in [-0.2, -0.15) is 9.83 Å². The van der Waals surface area contributed by atoms with Crippen LogP contribution < -0.4 is 10.0 Å². The summed E-state index contributed by atoms with van der Waals surface area (Å²) in [7, 11) is 3.65. The number of halogens is 2. The van der Waals surface area contributed by atoms with Crippen LogP contribution in [0.15, 0.2) is 78.9 Å². The van der Waals surface area contributed by atoms with E-state index in [4.69, 9.17) is 0 Å². The van der Waals surface area contributed by atoms with E-state index in [1.807, 2.05) is 19.2 Å². The van der Waals surface area contributed by atoms with Crippen molar-refractivity contribution in [1.29, 1.82) is 0 Å². The molecule has 0 amide bonds. The van der Waals surface area contributed by atoms with Crippen molar-refractivity contribution in [3.05, 3.63) is 79.6 Å². The Kier molecular flexibility index (Phi) is 8.78. The third-order valence-electron chi connectivity index (χ3n) is 3.71. The highest BCUT2D eigenvalue weighted by Gasteiger charge is 2.11. The quantitative estimate of drug-likeness (QED) is 0.175. The predicted octanol–water partition coefficient (Wildman–Crippen LogP) is 3.76. The molecule has 6 nitrogen and oxygen atoms in total. The number of hydrogen-bond donors (Lipinski definition) is 1. The molecule has 2 rings (SSSR count). The zero-order chi connectivity index (χ0) is 20.5. The zero-order valence-electron chi connectivity index (χ0n) is 16.1. The van der Waals surface area contributed by atoms with E-state index < -0.39 is 0 Å². The van der Waals surface area contributed by atoms with Crippen molar-refractivity contribution in [3.8, 4) is 0 Å². The summed E-state index contributed by atoms with van der Waals surface area (Å²) < 4.78 is 4.97. The Labute approximate surface area is 184 Å². The summed E-state index contributed by atoms with van der Waals surface area (Å²) in [4.78, 5) is 4.51. The normalized spacial score (nSPS) is 15.0. The van der Waals surface area contributed by atoms with Crippen LogP contribution in [0.1, 0.15) is 12.5 Å². The van der Waals surface area contributed by atoms with Crippen molar-refractivity contribution in [2.75, 3.05) is 14.1 Å². The molecule has 0 radical (unpaired) electrons. The summed E-state index contributed by atoms with van der Waals surface area (Å²) in [6.45, 7) is 6.37. The largest absolute Gasteiger partial charge is 0.619 e. The van der Waals surface area contributed by atoms with Crippen molar-refractivity contribution in [2.24, 2.45) is 10.1 Å². The summed E-state index contributed by atoms with van der Waals surface area (Å²) >= 11 is 3.06. The molecule has 0 bridgehead atoms. The molecule has 0 atom stereocenters. The second-order valence-electron chi connectivity index (χ2n) is 5.87. The molecule has 0 unspecified atom stereocenters. The monoisotopic (exact) mass is 555 g/mol. The third kappa shape index (κ3) is 6.83. The average molecular weight is 556 g/mol. The van der Waals surface area contributed by atoms with Crippen LogP contribution in [0.2, 0.25) is 0 Å². The van der Waals surface area contributed by atoms with Gasteiger partial charge < -0.3 is 10.5 Å². The van der Waals surface area contributed by atoms with Crippen molar-refractivity contribution in [3.63, 3.8) is 0 Å². The molecule has 0 saturated heterocycles. The first-order chi connectivity index (χ1) is 13.4. The van der Waals surface area contributed by atoms with E-state index in [0.29, 0.717) is 11.0 Å². The first-order valence-corrected chi connectivity index (χ1v) is 11.6. The van der Waals surface area contributed by atoms with Gasteiger partial charge in [0.15, 0.2) is 12.4 Å². The number of aromatic nitrogens is 1. The summed E-state index contributed by atoms with van der Waals surface area (Å²) in [5.41, 5.74) is 3.04. The van der Waals surface area contributed by atoms with E-state index >= 15 is 0 Å². The van der Waals surface area contributed by atoms with Crippen LogP contribution in [0, 0.1) is 5.21 Å². The Morgan fingerprint density at radius 3 is 2.93 bits per heavy atom. The fraction of sp³-hybridized carbons (Fsp3) is 0.200. The fourth-order valence-electron chi connectivity index (χ4n) is 2.32. The van der Waals surface area contributed by atoms with Gasteiger partial charge in [0.25, 0.3) is 0 Å². The number of aliphatic imine (C=N–C) groups is 1. The molecule has 0 fully saturated rings. The molecule has 2 heterocycles. The molecule has 1 aliphatic rings. The van der Waals surface area contributed by atoms with Crippen molar-refractivity contribution in [2.45, 2.75) is 13.5 Å². The van der Waals surface area contributed by atoms with Gasteiger partial charge in [0.05, 0.1) is 11.9 Å². The first-order valence-electron chi connectivity index (χ1n) is 8.47. The lowest BCUT2D eigenvalue weighted by molar-refractivity contribution is -0.605. The van der Waals surface area contributed by atoms with Crippen LogP contribution >= 0.6 is 36.7 Å². The molecule has 1 N–H and O–H groups in total. The van der Waals surface area contributed by atoms with E-state index in [0.717, 1.165) is 21.8 Å². The Bertz CT molecular complexity index is 915. The van der Waals surface area contributed by atoms with Crippen molar-refractivity contribution in [1.82, 2.24) is 10.3 Å². The minimum atomic E-state index is -0.226. The number of pyridine rings is 1. The second kappa shape index (κ2) is 11.1. The lowest BCUT2D eigenvalue weighted by Gasteiger charge is -2.20. The van der Waals surface area contributed by atoms with Gasteiger partial charge in [-0.3, -0.25) is 10.0 Å². The highest BCUT2D eigenvalue weighted by atomic mass is 127. The maximum absolute atomic E-state index is 11.5. The Hall–Kier alpha value is -2.07. The molecule has 0 aliphatic carbocycles. The molecular formula is C20H23BrIN5O. The number of rotatable bonds is 8. The Morgan fingerprint density at radius 1 is 1.50 bits per heavy atom. The van der Waals surface area contributed by atoms with E-state index in [1.54, 1.807) is 30.5 Å². The summed E-state index contributed by atoms with van der Waals surface area (Å²) in [6, 6.07) is 3.63. The number of allylic oxidation sites excluding steroid dienone is 6. The third-order valence-corrected chi connectivity index (χ3v) is 6.71. The number of nitrogens with one attached hydrogen (secondary N) is 1. The molecule has 1 aromatic rings. The van der Waals surface area contributed by atoms with Crippen LogP contribution in [-0.2, 0) is 6.54 Å². The van der Waals surface area contributed by atoms with Gasteiger partial charge in [0, 0.05) is 46.4 Å². The summed E-state index contributed by atoms with van der Waals surface area (Å²) in [6.07, 6.45) is 10.8. The summed E-state index contributed by atoms with van der Waals surface area (Å²) in [5, 5.41) is 21.0. The molecule has 1 aromatic heterocycles. The maximum atomic E-state index is 11.5. The first kappa shape index (κ1) is 22.2. The lowest BCUT2D eigenvalue weighted by Crippen LogP contribution is -2.29. The lowest BCUT2D eigenvalue weighted by atomic mass is 10.2. The maximum Gasteiger partial charge on any atom is 0.185 e. The minimum absolute atomic E-state index is 0.226. The smallest absolute Gasteiger partial charge is 0.185 e.